The zero-order valence-electron chi connectivity index (χ0n) is 11.0. The molecule has 2 aromatic rings. The van der Waals surface area contributed by atoms with Gasteiger partial charge in [0.15, 0.2) is 0 Å². The fraction of sp³-hybridized carbons (Fsp3) is 0.200. The molecule has 2 aromatic carbocycles. The number of nitrogens with one attached hydrogen (secondary N) is 1. The lowest BCUT2D eigenvalue weighted by molar-refractivity contribution is 0.340. The van der Waals surface area contributed by atoms with Crippen molar-refractivity contribution >= 4 is 33.0 Å². The fourth-order valence-electron chi connectivity index (χ4n) is 1.83. The molecular weight excluding hydrogens is 304 g/mol. The smallest absolute Gasteiger partial charge is 0.123 e. The molecule has 0 saturated heterocycles. The standard InChI is InChI=1S/C15H17BrN2O/c1-3-19-14-8-12(17)7-13(9-14)18-15-6-11(16)5-4-10(15)2/h4-9,18H,3,17H2,1-2H3. The highest BCUT2D eigenvalue weighted by Gasteiger charge is 2.03. The van der Waals surface area contributed by atoms with Gasteiger partial charge in [-0.05, 0) is 37.6 Å². The molecule has 0 amide bonds. The van der Waals surface area contributed by atoms with Crippen molar-refractivity contribution < 1.29 is 4.74 Å². The van der Waals surface area contributed by atoms with E-state index < -0.39 is 0 Å². The van der Waals surface area contributed by atoms with Crippen LogP contribution in [0.15, 0.2) is 40.9 Å². The highest BCUT2D eigenvalue weighted by atomic mass is 79.9. The van der Waals surface area contributed by atoms with Crippen molar-refractivity contribution in [1.82, 2.24) is 0 Å². The summed E-state index contributed by atoms with van der Waals surface area (Å²) < 4.78 is 6.53. The van der Waals surface area contributed by atoms with E-state index in [9.17, 15) is 0 Å². The number of aryl methyl sites for hydroxylation is 1. The average Bonchev–Trinajstić information content (AvgIpc) is 2.33. The number of anilines is 3. The first-order valence-electron chi connectivity index (χ1n) is 6.15. The number of nitrogen functional groups attached to an aromatic ring is 1. The van der Waals surface area contributed by atoms with Gasteiger partial charge in [0.1, 0.15) is 5.75 Å². The number of benzene rings is 2. The molecule has 2 rings (SSSR count). The lowest BCUT2D eigenvalue weighted by Gasteiger charge is -2.12. The van der Waals surface area contributed by atoms with Gasteiger partial charge in [-0.3, -0.25) is 0 Å². The van der Waals surface area contributed by atoms with Gasteiger partial charge in [-0.2, -0.15) is 0 Å². The first kappa shape index (κ1) is 13.7. The Morgan fingerprint density at radius 3 is 2.74 bits per heavy atom. The maximum absolute atomic E-state index is 5.88. The molecule has 0 atom stereocenters. The minimum atomic E-state index is 0.624. The van der Waals surface area contributed by atoms with Crippen LogP contribution in [0.2, 0.25) is 0 Å². The Kier molecular flexibility index (Phi) is 4.32. The molecule has 19 heavy (non-hydrogen) atoms. The lowest BCUT2D eigenvalue weighted by atomic mass is 10.2. The number of hydrogen-bond donors (Lipinski definition) is 2. The van der Waals surface area contributed by atoms with Crippen LogP contribution in [0.25, 0.3) is 0 Å². The van der Waals surface area contributed by atoms with E-state index in [0.29, 0.717) is 12.3 Å². The van der Waals surface area contributed by atoms with Crippen molar-refractivity contribution in [3.63, 3.8) is 0 Å². The molecule has 3 N–H and O–H groups in total. The van der Waals surface area contributed by atoms with E-state index in [1.807, 2.05) is 37.3 Å². The quantitative estimate of drug-likeness (QED) is 0.816. The predicted molar refractivity (Wildman–Crippen MR) is 84.2 cm³/mol. The van der Waals surface area contributed by atoms with Gasteiger partial charge in [0.2, 0.25) is 0 Å². The van der Waals surface area contributed by atoms with Crippen LogP contribution in [-0.2, 0) is 0 Å². The average molecular weight is 321 g/mol. The molecule has 0 unspecified atom stereocenters. The minimum absolute atomic E-state index is 0.624. The third-order valence-electron chi connectivity index (χ3n) is 2.72. The highest BCUT2D eigenvalue weighted by Crippen LogP contribution is 2.28. The van der Waals surface area contributed by atoms with Crippen molar-refractivity contribution in [2.24, 2.45) is 0 Å². The van der Waals surface area contributed by atoms with Gasteiger partial charge in [0.25, 0.3) is 0 Å². The van der Waals surface area contributed by atoms with Crippen LogP contribution in [-0.4, -0.2) is 6.61 Å². The number of hydrogen-bond acceptors (Lipinski definition) is 3. The Balaban J connectivity index is 2.29. The van der Waals surface area contributed by atoms with Crippen molar-refractivity contribution in [2.45, 2.75) is 13.8 Å². The zero-order chi connectivity index (χ0) is 13.8. The largest absolute Gasteiger partial charge is 0.494 e. The van der Waals surface area contributed by atoms with E-state index in [1.165, 1.54) is 5.56 Å². The van der Waals surface area contributed by atoms with Crippen LogP contribution >= 0.6 is 15.9 Å². The van der Waals surface area contributed by atoms with Crippen molar-refractivity contribution in [1.29, 1.82) is 0 Å². The summed E-state index contributed by atoms with van der Waals surface area (Å²) in [5.41, 5.74) is 9.70. The SMILES string of the molecule is CCOc1cc(N)cc(Nc2cc(Br)ccc2C)c1. The van der Waals surface area contributed by atoms with Crippen LogP contribution in [0, 0.1) is 6.92 Å². The summed E-state index contributed by atoms with van der Waals surface area (Å²) in [4.78, 5) is 0. The van der Waals surface area contributed by atoms with Gasteiger partial charge in [0, 0.05) is 33.7 Å². The molecule has 0 fully saturated rings. The molecule has 0 aromatic heterocycles. The van der Waals surface area contributed by atoms with E-state index in [4.69, 9.17) is 10.5 Å². The Hall–Kier alpha value is -1.68. The normalized spacial score (nSPS) is 10.3. The zero-order valence-corrected chi connectivity index (χ0v) is 12.6. The highest BCUT2D eigenvalue weighted by molar-refractivity contribution is 9.10. The Labute approximate surface area is 121 Å². The molecule has 4 heteroatoms. The molecule has 0 aliphatic heterocycles. The van der Waals surface area contributed by atoms with E-state index >= 15 is 0 Å². The lowest BCUT2D eigenvalue weighted by Crippen LogP contribution is -1.98. The Morgan fingerprint density at radius 1 is 1.21 bits per heavy atom. The summed E-state index contributed by atoms with van der Waals surface area (Å²) in [5.74, 6) is 0.776. The molecule has 100 valence electrons. The maximum Gasteiger partial charge on any atom is 0.123 e. The van der Waals surface area contributed by atoms with Gasteiger partial charge in [-0.25, -0.2) is 0 Å². The van der Waals surface area contributed by atoms with Crippen LogP contribution in [0.5, 0.6) is 5.75 Å². The third kappa shape index (κ3) is 3.64. The third-order valence-corrected chi connectivity index (χ3v) is 3.21. The Bertz CT molecular complexity index is 584. The summed E-state index contributed by atoms with van der Waals surface area (Å²) >= 11 is 3.47. The van der Waals surface area contributed by atoms with Gasteiger partial charge < -0.3 is 15.8 Å². The van der Waals surface area contributed by atoms with Crippen molar-refractivity contribution in [3.8, 4) is 5.75 Å². The molecular formula is C15H17BrN2O. The van der Waals surface area contributed by atoms with Crippen molar-refractivity contribution in [3.05, 3.63) is 46.4 Å². The van der Waals surface area contributed by atoms with Crippen LogP contribution in [0.3, 0.4) is 0 Å². The molecule has 0 aliphatic carbocycles. The fourth-order valence-corrected chi connectivity index (χ4v) is 2.19. The topological polar surface area (TPSA) is 47.3 Å². The molecule has 0 spiro atoms. The van der Waals surface area contributed by atoms with Gasteiger partial charge >= 0.3 is 0 Å². The predicted octanol–water partition coefficient (Wildman–Crippen LogP) is 4.48. The first-order chi connectivity index (χ1) is 9.08. The summed E-state index contributed by atoms with van der Waals surface area (Å²) in [6.07, 6.45) is 0. The van der Waals surface area contributed by atoms with E-state index in [1.54, 1.807) is 0 Å². The molecule has 0 heterocycles. The van der Waals surface area contributed by atoms with Crippen LogP contribution in [0.4, 0.5) is 17.1 Å². The van der Waals surface area contributed by atoms with E-state index in [2.05, 4.69) is 34.2 Å². The van der Waals surface area contributed by atoms with E-state index in [0.717, 1.165) is 21.6 Å². The molecule has 3 nitrogen and oxygen atoms in total. The Morgan fingerprint density at radius 2 is 2.00 bits per heavy atom. The second kappa shape index (κ2) is 5.97. The summed E-state index contributed by atoms with van der Waals surface area (Å²) in [6, 6.07) is 11.8. The summed E-state index contributed by atoms with van der Waals surface area (Å²) in [5, 5.41) is 3.36. The molecule has 0 bridgehead atoms. The second-order valence-corrected chi connectivity index (χ2v) is 5.22. The van der Waals surface area contributed by atoms with Gasteiger partial charge in [0.05, 0.1) is 6.61 Å². The monoisotopic (exact) mass is 320 g/mol. The number of nitrogens with two attached hydrogens (primary N) is 1. The second-order valence-electron chi connectivity index (χ2n) is 4.31. The van der Waals surface area contributed by atoms with Gasteiger partial charge in [-0.1, -0.05) is 22.0 Å². The molecule has 0 radical (unpaired) electrons. The van der Waals surface area contributed by atoms with Crippen LogP contribution in [0.1, 0.15) is 12.5 Å². The first-order valence-corrected chi connectivity index (χ1v) is 6.94. The molecule has 0 saturated carbocycles. The summed E-state index contributed by atoms with van der Waals surface area (Å²) in [7, 11) is 0. The maximum atomic E-state index is 5.88. The number of halogens is 1. The van der Waals surface area contributed by atoms with Crippen molar-refractivity contribution in [2.75, 3.05) is 17.7 Å². The van der Waals surface area contributed by atoms with Crippen LogP contribution < -0.4 is 15.8 Å². The summed E-state index contributed by atoms with van der Waals surface area (Å²) in [6.45, 7) is 4.64. The number of ether oxygens (including phenoxy) is 1. The minimum Gasteiger partial charge on any atom is -0.494 e. The number of rotatable bonds is 4. The van der Waals surface area contributed by atoms with E-state index in [-0.39, 0.29) is 0 Å². The van der Waals surface area contributed by atoms with Gasteiger partial charge in [-0.15, -0.1) is 0 Å². The molecule has 0 aliphatic rings.